The number of pyridine rings is 1. The summed E-state index contributed by atoms with van der Waals surface area (Å²) in [5.41, 5.74) is 5.06. The molecule has 4 N–H and O–H groups in total. The molecule has 0 aliphatic carbocycles. The van der Waals surface area contributed by atoms with Crippen molar-refractivity contribution in [2.24, 2.45) is 5.92 Å². The molecule has 0 aliphatic rings. The first-order valence-corrected chi connectivity index (χ1v) is 14.7. The van der Waals surface area contributed by atoms with E-state index in [4.69, 9.17) is 0 Å². The Kier molecular flexibility index (Phi) is 10.5. The number of fused-ring (bicyclic) bond motifs is 1. The summed E-state index contributed by atoms with van der Waals surface area (Å²) < 4.78 is 0. The van der Waals surface area contributed by atoms with E-state index in [-0.39, 0.29) is 24.7 Å². The molecule has 8 nitrogen and oxygen atoms in total. The number of carboxylic acids is 1. The Balaban J connectivity index is 1.41. The molecular weight excluding hydrogens is 540 g/mol. The van der Waals surface area contributed by atoms with Crippen LogP contribution in [0.25, 0.3) is 21.9 Å². The fourth-order valence-electron chi connectivity index (χ4n) is 5.16. The number of carbonyl (C=O) groups excluding carboxylic acids is 2. The Bertz CT molecular complexity index is 1580. The maximum atomic E-state index is 13.4. The minimum Gasteiger partial charge on any atom is -0.481 e. The van der Waals surface area contributed by atoms with Gasteiger partial charge in [-0.1, -0.05) is 74.5 Å². The van der Waals surface area contributed by atoms with Crippen LogP contribution in [0.3, 0.4) is 0 Å². The number of rotatable bonds is 13. The van der Waals surface area contributed by atoms with Crippen LogP contribution in [-0.4, -0.2) is 40.5 Å². The summed E-state index contributed by atoms with van der Waals surface area (Å²) in [5, 5.41) is 20.9. The maximum Gasteiger partial charge on any atom is 0.305 e. The van der Waals surface area contributed by atoms with E-state index in [0.29, 0.717) is 18.5 Å². The van der Waals surface area contributed by atoms with Gasteiger partial charge in [0.25, 0.3) is 0 Å². The van der Waals surface area contributed by atoms with Gasteiger partial charge in [0.05, 0.1) is 12.5 Å². The Morgan fingerprint density at radius 1 is 0.884 bits per heavy atom. The molecule has 0 bridgehead atoms. The third-order valence-electron chi connectivity index (χ3n) is 7.53. The van der Waals surface area contributed by atoms with Crippen LogP contribution in [0.2, 0.25) is 0 Å². The molecule has 0 saturated heterocycles. The average molecular weight is 581 g/mol. The zero-order valence-electron chi connectivity index (χ0n) is 25.2. The average Bonchev–Trinajstić information content (AvgIpc) is 2.98. The molecule has 2 atom stereocenters. The highest BCUT2D eigenvalue weighted by Gasteiger charge is 2.27. The van der Waals surface area contributed by atoms with Gasteiger partial charge in [0.1, 0.15) is 11.9 Å². The molecule has 43 heavy (non-hydrogen) atoms. The summed E-state index contributed by atoms with van der Waals surface area (Å²) in [7, 11) is 0. The Labute approximate surface area is 252 Å². The second-order valence-corrected chi connectivity index (χ2v) is 11.3. The van der Waals surface area contributed by atoms with Crippen molar-refractivity contribution >= 4 is 34.4 Å². The molecule has 1 heterocycles. The van der Waals surface area contributed by atoms with Crippen molar-refractivity contribution in [1.29, 1.82) is 0 Å². The van der Waals surface area contributed by atoms with Gasteiger partial charge >= 0.3 is 5.97 Å². The highest BCUT2D eigenvalue weighted by Crippen LogP contribution is 2.31. The number of hydrogen-bond acceptors (Lipinski definition) is 5. The molecule has 0 saturated carbocycles. The third kappa shape index (κ3) is 8.41. The quantitative estimate of drug-likeness (QED) is 0.140. The Morgan fingerprint density at radius 3 is 2.28 bits per heavy atom. The lowest BCUT2D eigenvalue weighted by molar-refractivity contribution is -0.138. The molecule has 4 rings (SSSR count). The summed E-state index contributed by atoms with van der Waals surface area (Å²) in [5.74, 6) is -1.12. The number of benzene rings is 3. The van der Waals surface area contributed by atoms with E-state index in [1.807, 2.05) is 69.3 Å². The van der Waals surface area contributed by atoms with Gasteiger partial charge in [-0.05, 0) is 76.9 Å². The smallest absolute Gasteiger partial charge is 0.305 e. The zero-order chi connectivity index (χ0) is 30.9. The number of carboxylic acid groups (broad SMARTS) is 1. The summed E-state index contributed by atoms with van der Waals surface area (Å²) in [6.07, 6.45) is 2.26. The van der Waals surface area contributed by atoms with Gasteiger partial charge in [0, 0.05) is 19.2 Å². The second-order valence-electron chi connectivity index (χ2n) is 11.3. The van der Waals surface area contributed by atoms with Crippen LogP contribution in [-0.2, 0) is 14.4 Å². The number of anilines is 1. The van der Waals surface area contributed by atoms with Crippen LogP contribution in [0, 0.1) is 19.8 Å². The van der Waals surface area contributed by atoms with Crippen LogP contribution < -0.4 is 16.0 Å². The molecule has 0 spiro atoms. The van der Waals surface area contributed by atoms with E-state index in [2.05, 4.69) is 52.1 Å². The second kappa shape index (κ2) is 14.4. The highest BCUT2D eigenvalue weighted by atomic mass is 16.4. The SMILES string of the molecule is Cc1ccnc(NCCCC(=O)N[C@@H](C(=O)N[C@@H](CC(=O)O)c2ccc(-c3ccc(C)c4ccccc34)cc2)C(C)C)c1. The molecule has 0 radical (unpaired) electrons. The van der Waals surface area contributed by atoms with E-state index < -0.39 is 24.0 Å². The number of nitrogens with zero attached hydrogens (tertiary/aromatic N) is 1. The van der Waals surface area contributed by atoms with Crippen molar-refractivity contribution in [1.82, 2.24) is 15.6 Å². The van der Waals surface area contributed by atoms with E-state index in [1.54, 1.807) is 6.20 Å². The normalized spacial score (nSPS) is 12.5. The summed E-state index contributed by atoms with van der Waals surface area (Å²) in [6, 6.07) is 22.3. The lowest BCUT2D eigenvalue weighted by atomic mass is 9.93. The number of aliphatic carboxylic acids is 1. The van der Waals surface area contributed by atoms with Gasteiger partial charge in [-0.3, -0.25) is 14.4 Å². The van der Waals surface area contributed by atoms with Gasteiger partial charge in [-0.15, -0.1) is 0 Å². The number of aryl methyl sites for hydroxylation is 2. The predicted octanol–water partition coefficient (Wildman–Crippen LogP) is 6.18. The standard InChI is InChI=1S/C35H40N4O4/c1-22(2)34(39-32(40)10-7-18-36-31-20-23(3)17-19-37-31)35(43)38-30(21-33(41)42)26-14-12-25(13-15-26)28-16-11-24(4)27-8-5-6-9-29(27)28/h5-6,8-9,11-17,19-20,22,30,34H,7,10,18,21H2,1-4H3,(H,36,37)(H,38,43)(H,39,40)(H,41,42)/t30-,34+/m0/s1. The largest absolute Gasteiger partial charge is 0.481 e. The molecule has 224 valence electrons. The topological polar surface area (TPSA) is 120 Å². The zero-order valence-corrected chi connectivity index (χ0v) is 25.2. The number of nitrogens with one attached hydrogen (secondary N) is 3. The molecule has 8 heteroatoms. The van der Waals surface area contributed by atoms with Gasteiger partial charge in [0.15, 0.2) is 0 Å². The number of aromatic nitrogens is 1. The van der Waals surface area contributed by atoms with Crippen LogP contribution >= 0.6 is 0 Å². The van der Waals surface area contributed by atoms with Crippen molar-refractivity contribution in [2.45, 2.75) is 59.0 Å². The Hall–Kier alpha value is -4.72. The first-order valence-electron chi connectivity index (χ1n) is 14.7. The first-order chi connectivity index (χ1) is 20.6. The minimum absolute atomic E-state index is 0.193. The molecule has 0 fully saturated rings. The molecule has 0 unspecified atom stereocenters. The van der Waals surface area contributed by atoms with E-state index in [0.717, 1.165) is 27.9 Å². The minimum atomic E-state index is -1.03. The van der Waals surface area contributed by atoms with Gasteiger partial charge in [-0.25, -0.2) is 4.98 Å². The fraction of sp³-hybridized carbons (Fsp3) is 0.314. The Morgan fingerprint density at radius 2 is 1.60 bits per heavy atom. The van der Waals surface area contributed by atoms with Gasteiger partial charge in [-0.2, -0.15) is 0 Å². The van der Waals surface area contributed by atoms with Crippen molar-refractivity contribution < 1.29 is 19.5 Å². The van der Waals surface area contributed by atoms with E-state index >= 15 is 0 Å². The molecule has 4 aromatic rings. The molecule has 2 amide bonds. The number of hydrogen-bond donors (Lipinski definition) is 4. The monoisotopic (exact) mass is 580 g/mol. The van der Waals surface area contributed by atoms with E-state index in [1.165, 1.54) is 10.9 Å². The molecular formula is C35H40N4O4. The van der Waals surface area contributed by atoms with Crippen molar-refractivity contribution in [3.63, 3.8) is 0 Å². The summed E-state index contributed by atoms with van der Waals surface area (Å²) >= 11 is 0. The van der Waals surface area contributed by atoms with Crippen LogP contribution in [0.5, 0.6) is 0 Å². The van der Waals surface area contributed by atoms with Crippen molar-refractivity contribution in [2.75, 3.05) is 11.9 Å². The van der Waals surface area contributed by atoms with Crippen molar-refractivity contribution in [3.05, 3.63) is 95.7 Å². The van der Waals surface area contributed by atoms with Crippen LogP contribution in [0.15, 0.2) is 79.0 Å². The predicted molar refractivity (Wildman–Crippen MR) is 171 cm³/mol. The highest BCUT2D eigenvalue weighted by molar-refractivity contribution is 5.98. The van der Waals surface area contributed by atoms with Crippen LogP contribution in [0.4, 0.5) is 5.82 Å². The lowest BCUT2D eigenvalue weighted by Gasteiger charge is -2.25. The van der Waals surface area contributed by atoms with Gasteiger partial charge < -0.3 is 21.1 Å². The molecule has 1 aromatic heterocycles. The number of amides is 2. The summed E-state index contributed by atoms with van der Waals surface area (Å²) in [6.45, 7) is 8.34. The maximum absolute atomic E-state index is 13.4. The van der Waals surface area contributed by atoms with E-state index in [9.17, 15) is 19.5 Å². The van der Waals surface area contributed by atoms with Gasteiger partial charge in [0.2, 0.25) is 11.8 Å². The third-order valence-corrected chi connectivity index (χ3v) is 7.53. The van der Waals surface area contributed by atoms with Crippen molar-refractivity contribution in [3.8, 4) is 11.1 Å². The molecule has 3 aromatic carbocycles. The van der Waals surface area contributed by atoms with Crippen LogP contribution in [0.1, 0.15) is 55.8 Å². The number of carbonyl (C=O) groups is 3. The molecule has 0 aliphatic heterocycles. The first kappa shape index (κ1) is 31.2. The summed E-state index contributed by atoms with van der Waals surface area (Å²) in [4.78, 5) is 42.1. The fourth-order valence-corrected chi connectivity index (χ4v) is 5.16. The lowest BCUT2D eigenvalue weighted by Crippen LogP contribution is -2.50.